The molecule has 5 nitrogen and oxygen atoms in total. The summed E-state index contributed by atoms with van der Waals surface area (Å²) in [6.07, 6.45) is 7.24. The molecule has 0 radical (unpaired) electrons. The van der Waals surface area contributed by atoms with Crippen molar-refractivity contribution in [2.45, 2.75) is 72.8 Å². The van der Waals surface area contributed by atoms with E-state index in [2.05, 4.69) is 23.3 Å². The van der Waals surface area contributed by atoms with E-state index in [-0.39, 0.29) is 37.9 Å². The summed E-state index contributed by atoms with van der Waals surface area (Å²) in [6, 6.07) is 8.41. The highest BCUT2D eigenvalue weighted by Gasteiger charge is 2.29. The van der Waals surface area contributed by atoms with E-state index in [4.69, 9.17) is 4.42 Å². The standard InChI is InChI=1S/C28H29F2N3O2.C2H6.2H2/c1-5-23-16(2)8-9-32-26(24(23)14-31)27(34)33-17(3)21-13-25(35-15-21)20-10-18-6-7-22(28(4,29)30)12-19(18)11-20;1-2;;/h6-7,9,11-13,15-17,23H,5,8,10H2,1-4H3,(H,33,34);1-2H3;2*1H/t16?,17-,23?;;;/m1.../s1. The Labute approximate surface area is 220 Å². The molecule has 3 atom stereocenters. The maximum Gasteiger partial charge on any atom is 0.271 e. The molecule has 0 saturated heterocycles. The molecule has 2 aromatic rings. The van der Waals surface area contributed by atoms with Crippen LogP contribution in [0.4, 0.5) is 8.78 Å². The molecule has 0 saturated carbocycles. The highest BCUT2D eigenvalue weighted by Crippen LogP contribution is 2.37. The van der Waals surface area contributed by atoms with E-state index in [0.717, 1.165) is 42.0 Å². The van der Waals surface area contributed by atoms with Crippen molar-refractivity contribution in [3.8, 4) is 6.07 Å². The number of benzene rings is 1. The number of alkyl halides is 2. The number of carbonyl (C=O) groups excluding carboxylic acids is 1. The van der Waals surface area contributed by atoms with Gasteiger partial charge in [-0.05, 0) is 66.5 Å². The summed E-state index contributed by atoms with van der Waals surface area (Å²) in [4.78, 5) is 17.4. The first-order valence-corrected chi connectivity index (χ1v) is 12.9. The van der Waals surface area contributed by atoms with Crippen molar-refractivity contribution in [3.05, 3.63) is 69.8 Å². The first-order valence-electron chi connectivity index (χ1n) is 12.9. The Morgan fingerprint density at radius 1 is 1.35 bits per heavy atom. The predicted molar refractivity (Wildman–Crippen MR) is 147 cm³/mol. The van der Waals surface area contributed by atoms with Crippen LogP contribution in [0.15, 0.2) is 51.2 Å². The fourth-order valence-electron chi connectivity index (χ4n) is 4.79. The molecule has 1 aliphatic heterocycles. The molecule has 7 heteroatoms. The Balaban J connectivity index is 0.00000186. The number of allylic oxidation sites excluding steroid dienone is 2. The molecule has 2 aliphatic rings. The van der Waals surface area contributed by atoms with E-state index in [0.29, 0.717) is 17.8 Å². The van der Waals surface area contributed by atoms with Gasteiger partial charge < -0.3 is 9.73 Å². The normalized spacial score (nSPS) is 19.7. The van der Waals surface area contributed by atoms with Gasteiger partial charge in [0, 0.05) is 33.5 Å². The largest absolute Gasteiger partial charge is 0.464 e. The number of rotatable bonds is 6. The van der Waals surface area contributed by atoms with E-state index in [1.54, 1.807) is 18.5 Å². The number of aliphatic imine (C=N–C) groups is 1. The maximum absolute atomic E-state index is 13.7. The quantitative estimate of drug-likeness (QED) is 0.425. The highest BCUT2D eigenvalue weighted by molar-refractivity contribution is 5.96. The fourth-order valence-corrected chi connectivity index (χ4v) is 4.79. The zero-order valence-corrected chi connectivity index (χ0v) is 22.4. The van der Waals surface area contributed by atoms with Gasteiger partial charge in [0.25, 0.3) is 11.8 Å². The molecule has 1 aliphatic carbocycles. The molecule has 1 aromatic heterocycles. The summed E-state index contributed by atoms with van der Waals surface area (Å²) in [7, 11) is 0. The average molecular weight is 512 g/mol. The number of amides is 1. The number of nitriles is 1. The van der Waals surface area contributed by atoms with Gasteiger partial charge in [-0.3, -0.25) is 9.79 Å². The van der Waals surface area contributed by atoms with Crippen LogP contribution in [0.1, 0.15) is 91.3 Å². The second-order valence-electron chi connectivity index (χ2n) is 9.50. The molecule has 200 valence electrons. The van der Waals surface area contributed by atoms with Crippen molar-refractivity contribution in [3.63, 3.8) is 0 Å². The Kier molecular flexibility index (Phi) is 8.85. The number of nitrogens with one attached hydrogen (secondary N) is 1. The molecular formula is C30H39F2N3O2. The second-order valence-corrected chi connectivity index (χ2v) is 9.50. The summed E-state index contributed by atoms with van der Waals surface area (Å²) >= 11 is 0. The lowest BCUT2D eigenvalue weighted by molar-refractivity contribution is -0.118. The van der Waals surface area contributed by atoms with E-state index in [1.807, 2.05) is 39.8 Å². The van der Waals surface area contributed by atoms with E-state index >= 15 is 0 Å². The highest BCUT2D eigenvalue weighted by atomic mass is 19.3. The molecule has 1 amide bonds. The van der Waals surface area contributed by atoms with Crippen LogP contribution in [-0.2, 0) is 17.1 Å². The maximum atomic E-state index is 13.7. The van der Waals surface area contributed by atoms with Gasteiger partial charge in [0.15, 0.2) is 0 Å². The van der Waals surface area contributed by atoms with Crippen LogP contribution in [0.5, 0.6) is 0 Å². The van der Waals surface area contributed by atoms with Crippen LogP contribution >= 0.6 is 0 Å². The van der Waals surface area contributed by atoms with Gasteiger partial charge >= 0.3 is 0 Å². The SMILES string of the molecule is CC.CCC1C(C#N)=C(C(=O)N[C@H](C)c2coc(C3=Cc4cc(C(C)(F)F)ccc4C3)c2)N=CCC1C.[HH].[HH]. The minimum absolute atomic E-state index is 0. The summed E-state index contributed by atoms with van der Waals surface area (Å²) in [5, 5.41) is 12.7. The Morgan fingerprint density at radius 2 is 2.08 bits per heavy atom. The smallest absolute Gasteiger partial charge is 0.271 e. The average Bonchev–Trinajstić information content (AvgIpc) is 3.49. The summed E-state index contributed by atoms with van der Waals surface area (Å²) in [5.74, 6) is -2.43. The monoisotopic (exact) mass is 511 g/mol. The van der Waals surface area contributed by atoms with E-state index < -0.39 is 5.92 Å². The third-order valence-corrected chi connectivity index (χ3v) is 6.93. The van der Waals surface area contributed by atoms with Crippen LogP contribution in [0, 0.1) is 23.2 Å². The van der Waals surface area contributed by atoms with Crippen LogP contribution in [-0.4, -0.2) is 12.1 Å². The van der Waals surface area contributed by atoms with Gasteiger partial charge in [0.1, 0.15) is 11.5 Å². The van der Waals surface area contributed by atoms with Crippen molar-refractivity contribution in [2.75, 3.05) is 0 Å². The van der Waals surface area contributed by atoms with Crippen molar-refractivity contribution in [1.29, 1.82) is 5.26 Å². The molecule has 1 aromatic carbocycles. The van der Waals surface area contributed by atoms with Gasteiger partial charge in [-0.25, -0.2) is 8.78 Å². The Bertz CT molecular complexity index is 1290. The van der Waals surface area contributed by atoms with Gasteiger partial charge in [0.2, 0.25) is 0 Å². The molecule has 4 rings (SSSR count). The molecule has 0 bridgehead atoms. The van der Waals surface area contributed by atoms with Crippen LogP contribution in [0.3, 0.4) is 0 Å². The number of furan rings is 1. The van der Waals surface area contributed by atoms with Gasteiger partial charge in [-0.1, -0.05) is 39.8 Å². The summed E-state index contributed by atoms with van der Waals surface area (Å²) < 4.78 is 33.2. The van der Waals surface area contributed by atoms with E-state index in [1.165, 1.54) is 12.1 Å². The molecule has 2 unspecified atom stereocenters. The zero-order chi connectivity index (χ0) is 27.3. The summed E-state index contributed by atoms with van der Waals surface area (Å²) in [5.41, 5.74) is 3.98. The number of hydrogen-bond donors (Lipinski definition) is 1. The first kappa shape index (κ1) is 28.0. The second kappa shape index (κ2) is 11.7. The van der Waals surface area contributed by atoms with E-state index in [9.17, 15) is 18.8 Å². The zero-order valence-electron chi connectivity index (χ0n) is 22.4. The predicted octanol–water partition coefficient (Wildman–Crippen LogP) is 8.10. The number of nitrogens with zero attached hydrogens (tertiary/aromatic N) is 2. The first-order chi connectivity index (χ1) is 17.6. The lowest BCUT2D eigenvalue weighted by Crippen LogP contribution is -2.28. The molecule has 1 N–H and O–H groups in total. The minimum atomic E-state index is -2.89. The van der Waals surface area contributed by atoms with Gasteiger partial charge in [-0.2, -0.15) is 5.26 Å². The van der Waals surface area contributed by atoms with Crippen molar-refractivity contribution < 1.29 is 20.8 Å². The van der Waals surface area contributed by atoms with Crippen LogP contribution < -0.4 is 5.32 Å². The fraction of sp³-hybridized carbons (Fsp3) is 0.433. The molecule has 2 heterocycles. The lowest BCUT2D eigenvalue weighted by atomic mass is 9.83. The van der Waals surface area contributed by atoms with Crippen LogP contribution in [0.2, 0.25) is 0 Å². The topological polar surface area (TPSA) is 78.4 Å². The Hall–Kier alpha value is -3.53. The molecule has 37 heavy (non-hydrogen) atoms. The number of halogens is 2. The van der Waals surface area contributed by atoms with Crippen LogP contribution in [0.25, 0.3) is 11.6 Å². The summed E-state index contributed by atoms with van der Waals surface area (Å²) in [6.45, 7) is 10.8. The lowest BCUT2D eigenvalue weighted by Gasteiger charge is -2.20. The number of fused-ring (bicyclic) bond motifs is 1. The Morgan fingerprint density at radius 3 is 2.73 bits per heavy atom. The third-order valence-electron chi connectivity index (χ3n) is 6.93. The van der Waals surface area contributed by atoms with Crippen molar-refractivity contribution in [2.24, 2.45) is 16.8 Å². The number of carbonyl (C=O) groups is 1. The molecular weight excluding hydrogens is 472 g/mol. The number of hydrogen-bond acceptors (Lipinski definition) is 4. The van der Waals surface area contributed by atoms with Crippen molar-refractivity contribution in [1.82, 2.24) is 5.32 Å². The third kappa shape index (κ3) is 6.07. The van der Waals surface area contributed by atoms with Crippen molar-refractivity contribution >= 4 is 23.8 Å². The van der Waals surface area contributed by atoms with Gasteiger partial charge in [-0.15, -0.1) is 0 Å². The molecule has 0 fully saturated rings. The molecule has 0 spiro atoms. The van der Waals surface area contributed by atoms with Gasteiger partial charge in [0.05, 0.1) is 23.9 Å². The minimum Gasteiger partial charge on any atom is -0.464 e.